The van der Waals surface area contributed by atoms with Crippen LogP contribution in [0.1, 0.15) is 5.56 Å². The van der Waals surface area contributed by atoms with E-state index in [1.54, 1.807) is 26.0 Å². The average Bonchev–Trinajstić information content (AvgIpc) is 2.43. The molecule has 2 N–H and O–H groups in total. The highest BCUT2D eigenvalue weighted by atomic mass is 32.2. The van der Waals surface area contributed by atoms with Crippen molar-refractivity contribution in [1.29, 1.82) is 0 Å². The lowest BCUT2D eigenvalue weighted by Crippen LogP contribution is -2.18. The summed E-state index contributed by atoms with van der Waals surface area (Å²) in [6.07, 6.45) is -0.412. The van der Waals surface area contributed by atoms with Gasteiger partial charge in [-0.1, -0.05) is 12.1 Å². The summed E-state index contributed by atoms with van der Waals surface area (Å²) in [6, 6.07) is 8.37. The molecule has 0 aromatic heterocycles. The van der Waals surface area contributed by atoms with Gasteiger partial charge in [0.05, 0.1) is 19.3 Å². The number of nitrogens with one attached hydrogen (secondary N) is 1. The van der Waals surface area contributed by atoms with Crippen LogP contribution in [0.2, 0.25) is 0 Å². The second-order valence-electron chi connectivity index (χ2n) is 4.23. The third-order valence-electron chi connectivity index (χ3n) is 2.54. The Labute approximate surface area is 119 Å². The molecule has 1 unspecified atom stereocenters. The first-order valence-corrected chi connectivity index (χ1v) is 7.33. The third-order valence-corrected chi connectivity index (χ3v) is 3.69. The summed E-state index contributed by atoms with van der Waals surface area (Å²) in [6.45, 7) is 2.82. The largest absolute Gasteiger partial charge is 0.390 e. The fourth-order valence-electron chi connectivity index (χ4n) is 1.54. The van der Waals surface area contributed by atoms with E-state index in [9.17, 15) is 5.11 Å². The number of ether oxygens (including phenoxy) is 2. The highest BCUT2D eigenvalue weighted by Gasteiger charge is 2.04. The van der Waals surface area contributed by atoms with Gasteiger partial charge in [0.25, 0.3) is 0 Å². The topological polar surface area (TPSA) is 50.7 Å². The van der Waals surface area contributed by atoms with Crippen molar-refractivity contribution in [2.45, 2.75) is 17.5 Å². The summed E-state index contributed by atoms with van der Waals surface area (Å²) >= 11 is 1.64. The minimum Gasteiger partial charge on any atom is -0.390 e. The summed E-state index contributed by atoms with van der Waals surface area (Å²) in [5, 5.41) is 12.9. The average molecular weight is 285 g/mol. The Morgan fingerprint density at radius 3 is 2.58 bits per heavy atom. The van der Waals surface area contributed by atoms with Crippen LogP contribution in [-0.2, 0) is 16.0 Å². The monoisotopic (exact) mass is 285 g/mol. The minimum absolute atomic E-state index is 0.383. The fraction of sp³-hybridized carbons (Fsp3) is 0.571. The van der Waals surface area contributed by atoms with Gasteiger partial charge in [0.1, 0.15) is 0 Å². The molecule has 0 saturated carbocycles. The van der Waals surface area contributed by atoms with Gasteiger partial charge in [-0.15, -0.1) is 11.8 Å². The van der Waals surface area contributed by atoms with E-state index in [0.29, 0.717) is 12.4 Å². The lowest BCUT2D eigenvalue weighted by Gasteiger charge is -2.09. The predicted molar refractivity (Wildman–Crippen MR) is 78.6 cm³/mol. The molecule has 19 heavy (non-hydrogen) atoms. The van der Waals surface area contributed by atoms with Crippen molar-refractivity contribution in [3.05, 3.63) is 29.8 Å². The molecule has 0 amide bonds. The van der Waals surface area contributed by atoms with Gasteiger partial charge in [0.2, 0.25) is 0 Å². The standard InChI is InChI=1S/C14H23NO3S/c1-17-8-7-15-9-12-3-5-14(6-4-12)19-11-13(16)10-18-2/h3-6,13,15-16H,7-11H2,1-2H3. The Balaban J connectivity index is 2.27. The lowest BCUT2D eigenvalue weighted by atomic mass is 10.2. The van der Waals surface area contributed by atoms with Crippen LogP contribution in [0, 0.1) is 0 Å². The molecule has 108 valence electrons. The minimum atomic E-state index is -0.412. The van der Waals surface area contributed by atoms with E-state index in [1.807, 2.05) is 0 Å². The van der Waals surface area contributed by atoms with E-state index >= 15 is 0 Å². The van der Waals surface area contributed by atoms with E-state index in [1.165, 1.54) is 5.56 Å². The zero-order valence-electron chi connectivity index (χ0n) is 11.6. The molecule has 0 spiro atoms. The number of aliphatic hydroxyl groups is 1. The number of aliphatic hydroxyl groups excluding tert-OH is 1. The second-order valence-corrected chi connectivity index (χ2v) is 5.33. The first-order chi connectivity index (χ1) is 9.26. The van der Waals surface area contributed by atoms with Crippen molar-refractivity contribution < 1.29 is 14.6 Å². The zero-order valence-corrected chi connectivity index (χ0v) is 12.4. The molecule has 1 aromatic rings. The molecule has 0 heterocycles. The fourth-order valence-corrected chi connectivity index (χ4v) is 2.35. The van der Waals surface area contributed by atoms with E-state index in [0.717, 1.165) is 24.6 Å². The number of hydrogen-bond donors (Lipinski definition) is 2. The number of rotatable bonds is 10. The first kappa shape index (κ1) is 16.5. The van der Waals surface area contributed by atoms with Crippen molar-refractivity contribution in [2.24, 2.45) is 0 Å². The molecule has 0 saturated heterocycles. The Kier molecular flexibility index (Phi) is 8.86. The number of benzene rings is 1. The maximum Gasteiger partial charge on any atom is 0.0867 e. The molecular weight excluding hydrogens is 262 g/mol. The van der Waals surface area contributed by atoms with Crippen LogP contribution in [-0.4, -0.2) is 50.9 Å². The van der Waals surface area contributed by atoms with Crippen molar-refractivity contribution in [1.82, 2.24) is 5.32 Å². The first-order valence-electron chi connectivity index (χ1n) is 6.34. The molecule has 4 nitrogen and oxygen atoms in total. The van der Waals surface area contributed by atoms with Gasteiger partial charge in [-0.25, -0.2) is 0 Å². The predicted octanol–water partition coefficient (Wildman–Crippen LogP) is 1.52. The Morgan fingerprint density at radius 1 is 1.21 bits per heavy atom. The van der Waals surface area contributed by atoms with E-state index in [2.05, 4.69) is 29.6 Å². The quantitative estimate of drug-likeness (QED) is 0.504. The maximum absolute atomic E-state index is 9.56. The summed E-state index contributed by atoms with van der Waals surface area (Å²) in [7, 11) is 3.30. The highest BCUT2D eigenvalue weighted by molar-refractivity contribution is 7.99. The van der Waals surface area contributed by atoms with Gasteiger partial charge in [-0.05, 0) is 17.7 Å². The molecule has 0 aliphatic carbocycles. The summed E-state index contributed by atoms with van der Waals surface area (Å²) < 4.78 is 9.87. The molecule has 0 bridgehead atoms. The molecule has 0 aliphatic heterocycles. The van der Waals surface area contributed by atoms with Gasteiger partial charge in [-0.2, -0.15) is 0 Å². The van der Waals surface area contributed by atoms with Gasteiger partial charge in [0.15, 0.2) is 0 Å². The summed E-state index contributed by atoms with van der Waals surface area (Å²) in [5.41, 5.74) is 1.25. The number of thioether (sulfide) groups is 1. The van der Waals surface area contributed by atoms with Crippen molar-refractivity contribution in [3.8, 4) is 0 Å². The van der Waals surface area contributed by atoms with Gasteiger partial charge >= 0.3 is 0 Å². The smallest absolute Gasteiger partial charge is 0.0867 e. The maximum atomic E-state index is 9.56. The second kappa shape index (κ2) is 10.2. The molecule has 5 heteroatoms. The van der Waals surface area contributed by atoms with E-state index in [4.69, 9.17) is 9.47 Å². The third kappa shape index (κ3) is 7.54. The molecule has 0 aliphatic rings. The van der Waals surface area contributed by atoms with Crippen molar-refractivity contribution >= 4 is 11.8 Å². The van der Waals surface area contributed by atoms with Crippen molar-refractivity contribution in [2.75, 3.05) is 39.7 Å². The van der Waals surface area contributed by atoms with Crippen LogP contribution in [0.25, 0.3) is 0 Å². The number of hydrogen-bond acceptors (Lipinski definition) is 5. The van der Waals surface area contributed by atoms with E-state index in [-0.39, 0.29) is 0 Å². The van der Waals surface area contributed by atoms with Crippen LogP contribution in [0.15, 0.2) is 29.2 Å². The van der Waals surface area contributed by atoms with Crippen LogP contribution in [0.4, 0.5) is 0 Å². The van der Waals surface area contributed by atoms with Crippen LogP contribution < -0.4 is 5.32 Å². The molecule has 0 radical (unpaired) electrons. The van der Waals surface area contributed by atoms with Crippen LogP contribution >= 0.6 is 11.8 Å². The van der Waals surface area contributed by atoms with Crippen LogP contribution in [0.3, 0.4) is 0 Å². The molecule has 1 atom stereocenters. The summed E-state index contributed by atoms with van der Waals surface area (Å²) in [4.78, 5) is 1.16. The van der Waals surface area contributed by atoms with Gasteiger partial charge in [-0.3, -0.25) is 0 Å². The Morgan fingerprint density at radius 2 is 1.95 bits per heavy atom. The van der Waals surface area contributed by atoms with Crippen molar-refractivity contribution in [3.63, 3.8) is 0 Å². The summed E-state index contributed by atoms with van der Waals surface area (Å²) in [5.74, 6) is 0.652. The molecule has 1 aromatic carbocycles. The Hall–Kier alpha value is -0.590. The van der Waals surface area contributed by atoms with Crippen LogP contribution in [0.5, 0.6) is 0 Å². The Bertz CT molecular complexity index is 332. The SMILES string of the molecule is COCCNCc1ccc(SCC(O)COC)cc1. The molecule has 0 fully saturated rings. The molecular formula is C14H23NO3S. The van der Waals surface area contributed by atoms with E-state index < -0.39 is 6.10 Å². The normalized spacial score (nSPS) is 12.6. The van der Waals surface area contributed by atoms with Gasteiger partial charge in [0, 0.05) is 38.0 Å². The lowest BCUT2D eigenvalue weighted by molar-refractivity contribution is 0.0794. The highest BCUT2D eigenvalue weighted by Crippen LogP contribution is 2.19. The van der Waals surface area contributed by atoms with Gasteiger partial charge < -0.3 is 19.9 Å². The number of methoxy groups -OCH3 is 2. The zero-order chi connectivity index (χ0) is 13.9. The molecule has 1 rings (SSSR count).